The van der Waals surface area contributed by atoms with Gasteiger partial charge in [-0.05, 0) is 0 Å². The van der Waals surface area contributed by atoms with Gasteiger partial charge in [0.05, 0.1) is 18.0 Å². The van der Waals surface area contributed by atoms with Gasteiger partial charge in [0.2, 0.25) is 0 Å². The second kappa shape index (κ2) is 21.0. The second-order valence-corrected chi connectivity index (χ2v) is 5.06. The van der Waals surface area contributed by atoms with Crippen LogP contribution in [-0.4, -0.2) is 57.2 Å². The predicted octanol–water partition coefficient (Wildman–Crippen LogP) is -9.98. The van der Waals surface area contributed by atoms with Gasteiger partial charge in [0.1, 0.15) is 11.2 Å². The first-order valence-electron chi connectivity index (χ1n) is 6.95. The predicted molar refractivity (Wildman–Crippen MR) is 69.7 cm³/mol. The summed E-state index contributed by atoms with van der Waals surface area (Å²) >= 11 is 0. The number of aliphatic hydroxyl groups is 2. The van der Waals surface area contributed by atoms with Crippen LogP contribution in [0.3, 0.4) is 0 Å². The minimum atomic E-state index is -2.97. The number of carbonyl (C=O) groups excluding carboxylic acids is 6. The summed E-state index contributed by atoms with van der Waals surface area (Å²) in [5.74, 6) is -12.0. The molecule has 0 aromatic rings. The Bertz CT molecular complexity index is 607. The summed E-state index contributed by atoms with van der Waals surface area (Å²) in [4.78, 5) is 60.0. The maximum Gasteiger partial charge on any atom is 2.00 e. The molecular weight excluding hydrogens is 602 g/mol. The molecule has 0 spiro atoms. The van der Waals surface area contributed by atoms with Crippen LogP contribution in [0.15, 0.2) is 0 Å². The van der Waals surface area contributed by atoms with E-state index >= 15 is 0 Å². The van der Waals surface area contributed by atoms with Crippen LogP contribution in [0, 0.1) is 11.3 Å². The molecule has 0 aliphatic heterocycles. The summed E-state index contributed by atoms with van der Waals surface area (Å²) in [5, 5.41) is 85.2. The van der Waals surface area contributed by atoms with E-state index in [0.717, 1.165) is 0 Å². The molecule has 0 amide bonds. The topological polar surface area (TPSA) is 305 Å². The average Bonchev–Trinajstić information content (AvgIpc) is 2.44. The summed E-state index contributed by atoms with van der Waals surface area (Å²) in [7, 11) is 0. The molecule has 15 nitrogen and oxygen atoms in total. The van der Waals surface area contributed by atoms with Crippen molar-refractivity contribution in [1.82, 2.24) is 0 Å². The largest absolute Gasteiger partial charge is 2.00 e. The van der Waals surface area contributed by atoms with E-state index < -0.39 is 72.7 Å². The van der Waals surface area contributed by atoms with Gasteiger partial charge in [-0.1, -0.05) is 0 Å². The van der Waals surface area contributed by atoms with Gasteiger partial charge in [-0.25, -0.2) is 0 Å². The Morgan fingerprint density at radius 3 is 0.812 bits per heavy atom. The summed E-state index contributed by atoms with van der Waals surface area (Å²) in [6, 6.07) is 1.75. The Morgan fingerprint density at radius 2 is 0.750 bits per heavy atom. The first-order chi connectivity index (χ1) is 13.0. The second-order valence-electron chi connectivity index (χ2n) is 5.06. The average molecular weight is 615 g/mol. The maximum absolute atomic E-state index is 10.1. The Hall–Kier alpha value is -1.90. The SMILES string of the molecule is CC#N.O=C([O-])CC(O)(CC(=O)[O-])C(=O)[O-].O=C([O-])CC(O)(CC(=O)[O-])C(=O)[O-].[Zn+2].[Zn+2].[Zn+2]. The Balaban J connectivity index is -0.0000000866. The van der Waals surface area contributed by atoms with E-state index in [-0.39, 0.29) is 58.4 Å². The zero-order chi connectivity index (χ0) is 24.0. The summed E-state index contributed by atoms with van der Waals surface area (Å²) in [6.07, 6.45) is -5.43. The van der Waals surface area contributed by atoms with Crippen LogP contribution in [0.4, 0.5) is 0 Å². The fourth-order valence-corrected chi connectivity index (χ4v) is 1.37. The third-order valence-electron chi connectivity index (χ3n) is 2.51. The fourth-order valence-electron chi connectivity index (χ4n) is 1.37. The van der Waals surface area contributed by atoms with Crippen molar-refractivity contribution >= 4 is 35.8 Å². The molecule has 0 atom stereocenters. The first kappa shape index (κ1) is 43.9. The normalized spacial score (nSPS) is 9.06. The molecular formula is C14H13NO14Zn3. The smallest absolute Gasteiger partial charge is 0.550 e. The van der Waals surface area contributed by atoms with E-state index in [0.29, 0.717) is 0 Å². The zero-order valence-corrected chi connectivity index (χ0v) is 25.6. The number of carbonyl (C=O) groups is 6. The van der Waals surface area contributed by atoms with Crippen molar-refractivity contribution < 1.29 is 128 Å². The Kier molecular flexibility index (Phi) is 28.8. The molecule has 0 rings (SSSR count). The van der Waals surface area contributed by atoms with Gasteiger partial charge in [-0.15, -0.1) is 0 Å². The number of hydrogen-bond donors (Lipinski definition) is 2. The van der Waals surface area contributed by atoms with Crippen molar-refractivity contribution in [3.63, 3.8) is 0 Å². The van der Waals surface area contributed by atoms with E-state index in [1.54, 1.807) is 6.07 Å². The van der Waals surface area contributed by atoms with Gasteiger partial charge in [0.25, 0.3) is 0 Å². The first-order valence-corrected chi connectivity index (χ1v) is 6.95. The van der Waals surface area contributed by atoms with E-state index in [1.165, 1.54) is 6.92 Å². The summed E-state index contributed by atoms with van der Waals surface area (Å²) in [6.45, 7) is 1.43. The molecule has 164 valence electrons. The maximum atomic E-state index is 10.1. The third kappa shape index (κ3) is 22.8. The summed E-state index contributed by atoms with van der Waals surface area (Å²) < 4.78 is 0. The molecule has 0 unspecified atom stereocenters. The monoisotopic (exact) mass is 611 g/mol. The van der Waals surface area contributed by atoms with Gasteiger partial charge in [-0.2, -0.15) is 5.26 Å². The molecule has 0 saturated heterocycles. The molecule has 0 aromatic heterocycles. The number of rotatable bonds is 10. The number of carboxylic acid groups (broad SMARTS) is 6. The number of hydrogen-bond acceptors (Lipinski definition) is 15. The van der Waals surface area contributed by atoms with Crippen LogP contribution >= 0.6 is 0 Å². The van der Waals surface area contributed by atoms with Crippen molar-refractivity contribution in [3.05, 3.63) is 0 Å². The fraction of sp³-hybridized carbons (Fsp3) is 0.500. The van der Waals surface area contributed by atoms with Crippen LogP contribution in [0.25, 0.3) is 0 Å². The van der Waals surface area contributed by atoms with E-state index in [1.807, 2.05) is 0 Å². The van der Waals surface area contributed by atoms with Crippen LogP contribution in [-0.2, 0) is 87.2 Å². The van der Waals surface area contributed by atoms with Crippen LogP contribution in [0.5, 0.6) is 0 Å². The van der Waals surface area contributed by atoms with E-state index in [4.69, 9.17) is 15.5 Å². The molecule has 0 aromatic carbocycles. The zero-order valence-electron chi connectivity index (χ0n) is 16.7. The van der Waals surface area contributed by atoms with Gasteiger partial charge in [0.15, 0.2) is 0 Å². The molecule has 0 fully saturated rings. The molecule has 0 heterocycles. The van der Waals surface area contributed by atoms with E-state index in [9.17, 15) is 59.4 Å². The summed E-state index contributed by atoms with van der Waals surface area (Å²) in [5.41, 5.74) is -5.95. The van der Waals surface area contributed by atoms with Gasteiger partial charge in [-0.3, -0.25) is 0 Å². The standard InChI is InChI=1S/2C6H8O7.C2H3N.3Zn/c2*7-3(8)1-6(13,5(11)12)2-4(9)10;1-2-3;;;/h2*13H,1-2H2,(H,7,8)(H,9,10)(H,11,12);1H3;;;/q;;;3*+2/p-6. The number of carboxylic acids is 6. The number of aliphatic carboxylic acids is 6. The van der Waals surface area contributed by atoms with Crippen molar-refractivity contribution in [2.45, 2.75) is 43.8 Å². The minimum Gasteiger partial charge on any atom is -0.550 e. The van der Waals surface area contributed by atoms with Crippen LogP contribution in [0.1, 0.15) is 32.6 Å². The van der Waals surface area contributed by atoms with Crippen LogP contribution in [0.2, 0.25) is 0 Å². The molecule has 0 aliphatic rings. The minimum absolute atomic E-state index is 0. The molecule has 18 heteroatoms. The van der Waals surface area contributed by atoms with Crippen LogP contribution < -0.4 is 30.6 Å². The van der Waals surface area contributed by atoms with Crippen molar-refractivity contribution in [3.8, 4) is 6.07 Å². The Morgan fingerprint density at radius 1 is 0.625 bits per heavy atom. The van der Waals surface area contributed by atoms with Gasteiger partial charge in [0, 0.05) is 56.5 Å². The van der Waals surface area contributed by atoms with Crippen molar-refractivity contribution in [2.24, 2.45) is 0 Å². The Labute approximate surface area is 218 Å². The molecule has 2 N–H and O–H groups in total. The molecule has 0 saturated carbocycles. The number of nitriles is 1. The molecule has 0 aliphatic carbocycles. The van der Waals surface area contributed by atoms with Crippen molar-refractivity contribution in [2.75, 3.05) is 0 Å². The van der Waals surface area contributed by atoms with E-state index in [2.05, 4.69) is 0 Å². The molecule has 32 heavy (non-hydrogen) atoms. The van der Waals surface area contributed by atoms with Gasteiger partial charge >= 0.3 is 58.4 Å². The quantitative estimate of drug-likeness (QED) is 0.216. The van der Waals surface area contributed by atoms with Crippen molar-refractivity contribution in [1.29, 1.82) is 5.26 Å². The molecule has 0 bridgehead atoms. The molecule has 0 radical (unpaired) electrons. The van der Waals surface area contributed by atoms with Gasteiger partial charge < -0.3 is 69.6 Å². The third-order valence-corrected chi connectivity index (χ3v) is 2.51. The number of nitrogens with zero attached hydrogens (tertiary/aromatic N) is 1.